The molecule has 1 amide bonds. The van der Waals surface area contributed by atoms with E-state index in [1.165, 1.54) is 0 Å². The molecule has 3 aromatic heterocycles. The van der Waals surface area contributed by atoms with Gasteiger partial charge >= 0.3 is 0 Å². The molecule has 0 atom stereocenters. The van der Waals surface area contributed by atoms with Crippen molar-refractivity contribution in [1.82, 2.24) is 30.3 Å². The van der Waals surface area contributed by atoms with Crippen molar-refractivity contribution >= 4 is 5.91 Å². The molecule has 132 valence electrons. The Morgan fingerprint density at radius 3 is 2.56 bits per heavy atom. The van der Waals surface area contributed by atoms with E-state index in [0.29, 0.717) is 12.2 Å². The van der Waals surface area contributed by atoms with Crippen LogP contribution in [0.1, 0.15) is 16.2 Å². The summed E-state index contributed by atoms with van der Waals surface area (Å²) in [6.07, 6.45) is 5.06. The molecule has 1 N–H and O–H groups in total. The lowest BCUT2D eigenvalue weighted by Crippen LogP contribution is -2.24. The number of rotatable bonds is 5. The van der Waals surface area contributed by atoms with Gasteiger partial charge in [0.25, 0.3) is 5.91 Å². The van der Waals surface area contributed by atoms with Crippen LogP contribution >= 0.6 is 0 Å². The normalized spacial score (nSPS) is 10.5. The lowest BCUT2D eigenvalue weighted by Gasteiger charge is -2.08. The SMILES string of the molecule is O=C(NCc1ccccn1)c1nnn(-c2ccccc2)c1-c1cccnc1. The Bertz CT molecular complexity index is 1030. The Balaban J connectivity index is 1.70. The molecular weight excluding hydrogens is 340 g/mol. The Morgan fingerprint density at radius 2 is 1.81 bits per heavy atom. The van der Waals surface area contributed by atoms with E-state index >= 15 is 0 Å². The van der Waals surface area contributed by atoms with E-state index in [2.05, 4.69) is 25.6 Å². The van der Waals surface area contributed by atoms with Crippen molar-refractivity contribution in [2.24, 2.45) is 0 Å². The molecule has 4 rings (SSSR count). The van der Waals surface area contributed by atoms with E-state index in [0.717, 1.165) is 16.9 Å². The smallest absolute Gasteiger partial charge is 0.274 e. The maximum Gasteiger partial charge on any atom is 0.274 e. The van der Waals surface area contributed by atoms with Gasteiger partial charge in [0.1, 0.15) is 5.69 Å². The molecular formula is C20H16N6O. The van der Waals surface area contributed by atoms with Crippen LogP contribution < -0.4 is 5.32 Å². The number of aromatic nitrogens is 5. The number of hydrogen-bond acceptors (Lipinski definition) is 5. The second-order valence-corrected chi connectivity index (χ2v) is 5.78. The number of nitrogens with zero attached hydrogens (tertiary/aromatic N) is 5. The standard InChI is InChI=1S/C20H16N6O/c27-20(23-14-16-8-4-5-12-22-16)18-19(15-7-6-11-21-13-15)26(25-24-18)17-9-2-1-3-10-17/h1-13H,14H2,(H,23,27). The molecule has 0 saturated heterocycles. The third-order valence-electron chi connectivity index (χ3n) is 3.98. The molecule has 7 nitrogen and oxygen atoms in total. The Kier molecular flexibility index (Phi) is 4.65. The first-order chi connectivity index (χ1) is 13.3. The van der Waals surface area contributed by atoms with E-state index in [-0.39, 0.29) is 11.6 Å². The molecule has 0 unspecified atom stereocenters. The molecule has 4 aromatic rings. The van der Waals surface area contributed by atoms with Gasteiger partial charge in [0.05, 0.1) is 17.9 Å². The zero-order valence-corrected chi connectivity index (χ0v) is 14.4. The first kappa shape index (κ1) is 16.6. The number of hydrogen-bond donors (Lipinski definition) is 1. The summed E-state index contributed by atoms with van der Waals surface area (Å²) in [5.41, 5.74) is 3.17. The highest BCUT2D eigenvalue weighted by Crippen LogP contribution is 2.24. The van der Waals surface area contributed by atoms with Crippen LogP contribution in [-0.2, 0) is 6.54 Å². The number of pyridine rings is 2. The van der Waals surface area contributed by atoms with E-state index in [4.69, 9.17) is 0 Å². The van der Waals surface area contributed by atoms with Gasteiger partial charge in [-0.15, -0.1) is 5.10 Å². The highest BCUT2D eigenvalue weighted by Gasteiger charge is 2.22. The van der Waals surface area contributed by atoms with Crippen molar-refractivity contribution in [3.63, 3.8) is 0 Å². The summed E-state index contributed by atoms with van der Waals surface area (Å²) in [6.45, 7) is 0.310. The second kappa shape index (κ2) is 7.57. The van der Waals surface area contributed by atoms with Gasteiger partial charge in [-0.25, -0.2) is 4.68 Å². The van der Waals surface area contributed by atoms with Gasteiger partial charge in [-0.05, 0) is 36.4 Å². The molecule has 1 aromatic carbocycles. The number of para-hydroxylation sites is 1. The van der Waals surface area contributed by atoms with Crippen molar-refractivity contribution in [3.05, 3.63) is 90.6 Å². The molecule has 0 bridgehead atoms. The number of carbonyl (C=O) groups excluding carboxylic acids is 1. The van der Waals surface area contributed by atoms with Gasteiger partial charge in [-0.3, -0.25) is 14.8 Å². The van der Waals surface area contributed by atoms with Gasteiger partial charge in [0.2, 0.25) is 0 Å². The first-order valence-corrected chi connectivity index (χ1v) is 8.42. The fourth-order valence-corrected chi connectivity index (χ4v) is 2.70. The van der Waals surface area contributed by atoms with E-state index in [1.807, 2.05) is 60.7 Å². The summed E-state index contributed by atoms with van der Waals surface area (Å²) in [6, 6.07) is 18.8. The van der Waals surface area contributed by atoms with Crippen LogP contribution in [0.2, 0.25) is 0 Å². The van der Waals surface area contributed by atoms with Gasteiger partial charge in [-0.2, -0.15) is 0 Å². The predicted molar refractivity (Wildman–Crippen MR) is 100.0 cm³/mol. The van der Waals surface area contributed by atoms with Crippen LogP contribution in [0, 0.1) is 0 Å². The van der Waals surface area contributed by atoms with Crippen molar-refractivity contribution in [3.8, 4) is 16.9 Å². The Morgan fingerprint density at radius 1 is 0.963 bits per heavy atom. The zero-order valence-electron chi connectivity index (χ0n) is 14.4. The Hall–Kier alpha value is -3.87. The third-order valence-corrected chi connectivity index (χ3v) is 3.98. The fraction of sp³-hybridized carbons (Fsp3) is 0.0500. The maximum absolute atomic E-state index is 12.8. The molecule has 7 heteroatoms. The largest absolute Gasteiger partial charge is 0.345 e. The first-order valence-electron chi connectivity index (χ1n) is 8.42. The van der Waals surface area contributed by atoms with Crippen LogP contribution in [0.4, 0.5) is 0 Å². The summed E-state index contributed by atoms with van der Waals surface area (Å²) < 4.78 is 1.65. The van der Waals surface area contributed by atoms with Gasteiger partial charge in [0.15, 0.2) is 5.69 Å². The average molecular weight is 356 g/mol. The molecule has 0 aliphatic rings. The Labute approximate surface area is 155 Å². The fourth-order valence-electron chi connectivity index (χ4n) is 2.70. The van der Waals surface area contributed by atoms with Crippen molar-refractivity contribution in [2.45, 2.75) is 6.54 Å². The molecule has 0 aliphatic carbocycles. The number of benzene rings is 1. The zero-order chi connectivity index (χ0) is 18.5. The molecule has 0 radical (unpaired) electrons. The van der Waals surface area contributed by atoms with Gasteiger partial charge in [0, 0.05) is 24.2 Å². The van der Waals surface area contributed by atoms with Crippen molar-refractivity contribution in [2.75, 3.05) is 0 Å². The lowest BCUT2D eigenvalue weighted by molar-refractivity contribution is 0.0946. The van der Waals surface area contributed by atoms with Crippen LogP contribution in [0.5, 0.6) is 0 Å². The van der Waals surface area contributed by atoms with E-state index in [1.54, 1.807) is 23.3 Å². The second-order valence-electron chi connectivity index (χ2n) is 5.78. The van der Waals surface area contributed by atoms with Crippen molar-refractivity contribution < 1.29 is 4.79 Å². The van der Waals surface area contributed by atoms with Crippen LogP contribution in [0.3, 0.4) is 0 Å². The predicted octanol–water partition coefficient (Wildman–Crippen LogP) is 2.65. The third kappa shape index (κ3) is 3.57. The molecule has 0 spiro atoms. The maximum atomic E-state index is 12.8. The number of carbonyl (C=O) groups is 1. The minimum absolute atomic E-state index is 0.239. The minimum atomic E-state index is -0.318. The van der Waals surface area contributed by atoms with Gasteiger partial charge < -0.3 is 5.32 Å². The topological polar surface area (TPSA) is 85.6 Å². The molecule has 3 heterocycles. The van der Waals surface area contributed by atoms with Gasteiger partial charge in [-0.1, -0.05) is 29.5 Å². The van der Waals surface area contributed by atoms with E-state index in [9.17, 15) is 4.79 Å². The summed E-state index contributed by atoms with van der Waals surface area (Å²) >= 11 is 0. The van der Waals surface area contributed by atoms with Crippen LogP contribution in [0.25, 0.3) is 16.9 Å². The molecule has 0 fully saturated rings. The molecule has 0 aliphatic heterocycles. The summed E-state index contributed by atoms with van der Waals surface area (Å²) in [5, 5.41) is 11.2. The average Bonchev–Trinajstić information content (AvgIpc) is 3.19. The summed E-state index contributed by atoms with van der Waals surface area (Å²) in [7, 11) is 0. The van der Waals surface area contributed by atoms with Crippen LogP contribution in [0.15, 0.2) is 79.3 Å². The minimum Gasteiger partial charge on any atom is -0.345 e. The van der Waals surface area contributed by atoms with E-state index < -0.39 is 0 Å². The summed E-state index contributed by atoms with van der Waals surface area (Å²) in [5.74, 6) is -0.318. The highest BCUT2D eigenvalue weighted by molar-refractivity contribution is 5.98. The molecule has 27 heavy (non-hydrogen) atoms. The monoisotopic (exact) mass is 356 g/mol. The van der Waals surface area contributed by atoms with Crippen LogP contribution in [-0.4, -0.2) is 30.9 Å². The molecule has 0 saturated carbocycles. The lowest BCUT2D eigenvalue weighted by atomic mass is 10.1. The summed E-state index contributed by atoms with van der Waals surface area (Å²) in [4.78, 5) is 21.2. The quantitative estimate of drug-likeness (QED) is 0.594. The number of amides is 1. The highest BCUT2D eigenvalue weighted by atomic mass is 16.2. The van der Waals surface area contributed by atoms with Crippen molar-refractivity contribution in [1.29, 1.82) is 0 Å². The number of nitrogens with one attached hydrogen (secondary N) is 1.